The number of hydrogen-bond acceptors (Lipinski definition) is 3. The summed E-state index contributed by atoms with van der Waals surface area (Å²) in [5.74, 6) is 0. The summed E-state index contributed by atoms with van der Waals surface area (Å²) in [7, 11) is 1.99. The van der Waals surface area contributed by atoms with Gasteiger partial charge in [0, 0.05) is 25.7 Å². The maximum absolute atomic E-state index is 5.79. The predicted octanol–water partition coefficient (Wildman–Crippen LogP) is 1.50. The molecule has 0 spiro atoms. The normalized spacial score (nSPS) is 23.5. The van der Waals surface area contributed by atoms with Gasteiger partial charge in [-0.25, -0.2) is 0 Å². The quantitative estimate of drug-likeness (QED) is 0.854. The van der Waals surface area contributed by atoms with Crippen LogP contribution >= 0.6 is 0 Å². The predicted molar refractivity (Wildman–Crippen MR) is 70.0 cm³/mol. The average molecular weight is 234 g/mol. The van der Waals surface area contributed by atoms with Gasteiger partial charge >= 0.3 is 0 Å². The summed E-state index contributed by atoms with van der Waals surface area (Å²) < 4.78 is 5.79. The summed E-state index contributed by atoms with van der Waals surface area (Å²) in [6.45, 7) is 6.08. The van der Waals surface area contributed by atoms with E-state index in [4.69, 9.17) is 4.74 Å². The van der Waals surface area contributed by atoms with Crippen LogP contribution in [0.4, 0.5) is 0 Å². The molecule has 0 amide bonds. The lowest BCUT2D eigenvalue weighted by molar-refractivity contribution is -0.0449. The SMILES string of the molecule is CN[C@@H](C)[C@H]1CN(Cc2ccccc2)CCO1. The molecule has 0 bridgehead atoms. The standard InChI is InChI=1S/C14H22N2O/c1-12(15-2)14-11-16(8-9-17-14)10-13-6-4-3-5-7-13/h3-7,12,14-15H,8-11H2,1-2H3/t12-,14+/m0/s1. The molecule has 0 unspecified atom stereocenters. The molecular weight excluding hydrogens is 212 g/mol. The molecule has 1 N–H and O–H groups in total. The van der Waals surface area contributed by atoms with E-state index in [1.165, 1.54) is 5.56 Å². The Balaban J connectivity index is 1.89. The van der Waals surface area contributed by atoms with E-state index in [1.807, 2.05) is 7.05 Å². The fourth-order valence-electron chi connectivity index (χ4n) is 2.21. The molecule has 94 valence electrons. The molecule has 2 atom stereocenters. The zero-order valence-corrected chi connectivity index (χ0v) is 10.7. The maximum Gasteiger partial charge on any atom is 0.0852 e. The van der Waals surface area contributed by atoms with E-state index in [-0.39, 0.29) is 0 Å². The second-order valence-electron chi connectivity index (χ2n) is 4.71. The third-order valence-corrected chi connectivity index (χ3v) is 3.44. The van der Waals surface area contributed by atoms with Gasteiger partial charge in [0.05, 0.1) is 12.7 Å². The Labute approximate surface area is 104 Å². The number of benzene rings is 1. The Kier molecular flexibility index (Phi) is 4.54. The third kappa shape index (κ3) is 3.53. The van der Waals surface area contributed by atoms with Gasteiger partial charge in [0.2, 0.25) is 0 Å². The van der Waals surface area contributed by atoms with Crippen molar-refractivity contribution in [1.82, 2.24) is 10.2 Å². The molecule has 2 rings (SSSR count). The first-order valence-electron chi connectivity index (χ1n) is 6.34. The zero-order chi connectivity index (χ0) is 12.1. The van der Waals surface area contributed by atoms with Gasteiger partial charge < -0.3 is 10.1 Å². The van der Waals surface area contributed by atoms with Gasteiger partial charge in [0.1, 0.15) is 0 Å². The summed E-state index contributed by atoms with van der Waals surface area (Å²) in [5, 5.41) is 3.27. The van der Waals surface area contributed by atoms with Gasteiger partial charge in [-0.2, -0.15) is 0 Å². The van der Waals surface area contributed by atoms with Crippen LogP contribution in [0.25, 0.3) is 0 Å². The molecule has 1 saturated heterocycles. The number of likely N-dealkylation sites (N-methyl/N-ethyl adjacent to an activating group) is 1. The van der Waals surface area contributed by atoms with E-state index in [2.05, 4.69) is 47.5 Å². The molecule has 1 heterocycles. The topological polar surface area (TPSA) is 24.5 Å². The Hall–Kier alpha value is -0.900. The largest absolute Gasteiger partial charge is 0.374 e. The highest BCUT2D eigenvalue weighted by molar-refractivity contribution is 5.14. The van der Waals surface area contributed by atoms with Crippen LogP contribution in [0.2, 0.25) is 0 Å². The molecule has 0 aliphatic carbocycles. The van der Waals surface area contributed by atoms with Gasteiger partial charge in [0.15, 0.2) is 0 Å². The Morgan fingerprint density at radius 1 is 1.41 bits per heavy atom. The second kappa shape index (κ2) is 6.15. The number of nitrogens with one attached hydrogen (secondary N) is 1. The highest BCUT2D eigenvalue weighted by Crippen LogP contribution is 2.12. The van der Waals surface area contributed by atoms with Crippen molar-refractivity contribution in [3.8, 4) is 0 Å². The van der Waals surface area contributed by atoms with Gasteiger partial charge in [-0.15, -0.1) is 0 Å². The van der Waals surface area contributed by atoms with E-state index in [0.29, 0.717) is 12.1 Å². The van der Waals surface area contributed by atoms with Crippen LogP contribution in [0, 0.1) is 0 Å². The van der Waals surface area contributed by atoms with E-state index < -0.39 is 0 Å². The number of hydrogen-bond donors (Lipinski definition) is 1. The highest BCUT2D eigenvalue weighted by atomic mass is 16.5. The van der Waals surface area contributed by atoms with E-state index in [9.17, 15) is 0 Å². The molecule has 1 aromatic rings. The van der Waals surface area contributed by atoms with Crippen LogP contribution in [-0.4, -0.2) is 43.8 Å². The Morgan fingerprint density at radius 2 is 2.18 bits per heavy atom. The lowest BCUT2D eigenvalue weighted by atomic mass is 10.1. The van der Waals surface area contributed by atoms with Crippen molar-refractivity contribution < 1.29 is 4.74 Å². The van der Waals surface area contributed by atoms with E-state index in [0.717, 1.165) is 26.2 Å². The summed E-state index contributed by atoms with van der Waals surface area (Å²) in [4.78, 5) is 2.47. The lowest BCUT2D eigenvalue weighted by Crippen LogP contribution is -2.50. The average Bonchev–Trinajstić information content (AvgIpc) is 2.39. The minimum absolute atomic E-state index is 0.303. The van der Waals surface area contributed by atoms with E-state index >= 15 is 0 Å². The molecule has 1 aliphatic rings. The molecule has 0 saturated carbocycles. The minimum atomic E-state index is 0.303. The summed E-state index contributed by atoms with van der Waals surface area (Å²) in [6, 6.07) is 11.0. The molecular formula is C14H22N2O. The van der Waals surface area contributed by atoms with Crippen molar-refractivity contribution in [1.29, 1.82) is 0 Å². The first-order valence-corrected chi connectivity index (χ1v) is 6.34. The molecule has 17 heavy (non-hydrogen) atoms. The summed E-state index contributed by atoms with van der Waals surface area (Å²) >= 11 is 0. The first-order chi connectivity index (χ1) is 8.29. The minimum Gasteiger partial charge on any atom is -0.374 e. The third-order valence-electron chi connectivity index (χ3n) is 3.44. The molecule has 0 aromatic heterocycles. The summed E-state index contributed by atoms with van der Waals surface area (Å²) in [5.41, 5.74) is 1.38. The number of rotatable bonds is 4. The van der Waals surface area contributed by atoms with Crippen molar-refractivity contribution in [3.63, 3.8) is 0 Å². The first kappa shape index (κ1) is 12.6. The van der Waals surface area contributed by atoms with Gasteiger partial charge in [-0.1, -0.05) is 30.3 Å². The zero-order valence-electron chi connectivity index (χ0n) is 10.7. The number of morpholine rings is 1. The molecule has 1 aromatic carbocycles. The van der Waals surface area contributed by atoms with Crippen molar-refractivity contribution in [2.24, 2.45) is 0 Å². The van der Waals surface area contributed by atoms with Gasteiger partial charge in [0.25, 0.3) is 0 Å². The van der Waals surface area contributed by atoms with Gasteiger partial charge in [-0.05, 0) is 19.5 Å². The van der Waals surface area contributed by atoms with Crippen molar-refractivity contribution in [2.45, 2.75) is 25.6 Å². The van der Waals surface area contributed by atoms with Crippen LogP contribution in [0.1, 0.15) is 12.5 Å². The van der Waals surface area contributed by atoms with Crippen LogP contribution in [0.3, 0.4) is 0 Å². The lowest BCUT2D eigenvalue weighted by Gasteiger charge is -2.35. The second-order valence-corrected chi connectivity index (χ2v) is 4.71. The van der Waals surface area contributed by atoms with Crippen LogP contribution in [-0.2, 0) is 11.3 Å². The number of ether oxygens (including phenoxy) is 1. The smallest absolute Gasteiger partial charge is 0.0852 e. The van der Waals surface area contributed by atoms with Crippen molar-refractivity contribution >= 4 is 0 Å². The molecule has 3 heteroatoms. The number of nitrogens with zero attached hydrogens (tertiary/aromatic N) is 1. The van der Waals surface area contributed by atoms with E-state index in [1.54, 1.807) is 0 Å². The Bertz CT molecular complexity index is 328. The van der Waals surface area contributed by atoms with Crippen molar-refractivity contribution in [3.05, 3.63) is 35.9 Å². The van der Waals surface area contributed by atoms with Crippen molar-refractivity contribution in [2.75, 3.05) is 26.7 Å². The van der Waals surface area contributed by atoms with Crippen LogP contribution in [0.15, 0.2) is 30.3 Å². The van der Waals surface area contributed by atoms with Crippen LogP contribution < -0.4 is 5.32 Å². The molecule has 3 nitrogen and oxygen atoms in total. The monoisotopic (exact) mass is 234 g/mol. The van der Waals surface area contributed by atoms with Gasteiger partial charge in [-0.3, -0.25) is 4.90 Å². The van der Waals surface area contributed by atoms with Crippen LogP contribution in [0.5, 0.6) is 0 Å². The molecule has 1 fully saturated rings. The summed E-state index contributed by atoms with van der Waals surface area (Å²) in [6.07, 6.45) is 0.303. The molecule has 0 radical (unpaired) electrons. The fourth-order valence-corrected chi connectivity index (χ4v) is 2.21. The fraction of sp³-hybridized carbons (Fsp3) is 0.571. The highest BCUT2D eigenvalue weighted by Gasteiger charge is 2.24. The Morgan fingerprint density at radius 3 is 2.88 bits per heavy atom. The maximum atomic E-state index is 5.79. The molecule has 1 aliphatic heterocycles.